The Hall–Kier alpha value is -1.67. The predicted molar refractivity (Wildman–Crippen MR) is 62.7 cm³/mol. The lowest BCUT2D eigenvalue weighted by Gasteiger charge is -2.15. The summed E-state index contributed by atoms with van der Waals surface area (Å²) in [6, 6.07) is 3.73. The Morgan fingerprint density at radius 3 is 3.06 bits per heavy atom. The molecule has 1 aromatic rings. The zero-order valence-corrected chi connectivity index (χ0v) is 9.48. The second kappa shape index (κ2) is 6.75. The molecule has 1 rings (SSSR count). The van der Waals surface area contributed by atoms with Crippen molar-refractivity contribution in [1.82, 2.24) is 9.97 Å². The van der Waals surface area contributed by atoms with Crippen LogP contribution in [-0.4, -0.2) is 22.6 Å². The van der Waals surface area contributed by atoms with Crippen molar-refractivity contribution in [2.24, 2.45) is 5.73 Å². The lowest BCUT2D eigenvalue weighted by molar-refractivity contribution is 0.610. The van der Waals surface area contributed by atoms with Gasteiger partial charge in [0.15, 0.2) is 0 Å². The molecule has 0 radical (unpaired) electrons. The SMILES string of the molecule is CCCCC(CN)Nc1nccc(C#N)n1. The molecule has 5 heteroatoms. The van der Waals surface area contributed by atoms with Gasteiger partial charge in [-0.3, -0.25) is 0 Å². The number of nitrogens with one attached hydrogen (secondary N) is 1. The van der Waals surface area contributed by atoms with Gasteiger partial charge in [0.25, 0.3) is 0 Å². The Labute approximate surface area is 95.7 Å². The van der Waals surface area contributed by atoms with Crippen molar-refractivity contribution in [3.63, 3.8) is 0 Å². The number of nitrogens with zero attached hydrogens (tertiary/aromatic N) is 3. The van der Waals surface area contributed by atoms with Crippen molar-refractivity contribution >= 4 is 5.95 Å². The van der Waals surface area contributed by atoms with Crippen LogP contribution in [0.5, 0.6) is 0 Å². The fourth-order valence-corrected chi connectivity index (χ4v) is 1.37. The van der Waals surface area contributed by atoms with Crippen molar-refractivity contribution in [2.75, 3.05) is 11.9 Å². The molecule has 0 aliphatic carbocycles. The third-order valence-electron chi connectivity index (χ3n) is 2.29. The molecular weight excluding hydrogens is 202 g/mol. The highest BCUT2D eigenvalue weighted by atomic mass is 15.1. The second-order valence-corrected chi connectivity index (χ2v) is 3.60. The van der Waals surface area contributed by atoms with Gasteiger partial charge in [-0.2, -0.15) is 5.26 Å². The molecule has 86 valence electrons. The van der Waals surface area contributed by atoms with E-state index in [2.05, 4.69) is 22.2 Å². The summed E-state index contributed by atoms with van der Waals surface area (Å²) in [7, 11) is 0. The van der Waals surface area contributed by atoms with Gasteiger partial charge < -0.3 is 11.1 Å². The maximum atomic E-state index is 8.70. The van der Waals surface area contributed by atoms with Crippen LogP contribution < -0.4 is 11.1 Å². The van der Waals surface area contributed by atoms with Crippen molar-refractivity contribution in [1.29, 1.82) is 5.26 Å². The third kappa shape index (κ3) is 3.83. The Bertz CT molecular complexity index is 358. The molecule has 1 aromatic heterocycles. The maximum absolute atomic E-state index is 8.70. The van der Waals surface area contributed by atoms with Crippen LogP contribution in [0.2, 0.25) is 0 Å². The van der Waals surface area contributed by atoms with Crippen LogP contribution in [-0.2, 0) is 0 Å². The average Bonchev–Trinajstić information content (AvgIpc) is 2.34. The van der Waals surface area contributed by atoms with Crippen molar-refractivity contribution in [2.45, 2.75) is 32.2 Å². The molecule has 0 amide bonds. The Morgan fingerprint density at radius 2 is 2.44 bits per heavy atom. The lowest BCUT2D eigenvalue weighted by atomic mass is 10.1. The Morgan fingerprint density at radius 1 is 1.62 bits per heavy atom. The number of aromatic nitrogens is 2. The van der Waals surface area contributed by atoms with Crippen LogP contribution in [0, 0.1) is 11.3 Å². The van der Waals surface area contributed by atoms with E-state index >= 15 is 0 Å². The standard InChI is InChI=1S/C11H17N5/c1-2-3-4-9(7-12)15-11-14-6-5-10(8-13)16-11/h5-6,9H,2-4,7,12H2,1H3,(H,14,15,16). The smallest absolute Gasteiger partial charge is 0.224 e. The first-order valence-electron chi connectivity index (χ1n) is 5.50. The zero-order chi connectivity index (χ0) is 11.8. The first-order valence-corrected chi connectivity index (χ1v) is 5.50. The molecule has 0 spiro atoms. The van der Waals surface area contributed by atoms with E-state index in [1.165, 1.54) is 0 Å². The lowest BCUT2D eigenvalue weighted by Crippen LogP contribution is -2.29. The molecule has 0 saturated carbocycles. The molecule has 1 atom stereocenters. The maximum Gasteiger partial charge on any atom is 0.224 e. The van der Waals surface area contributed by atoms with Crippen LogP contribution in [0.3, 0.4) is 0 Å². The number of rotatable bonds is 6. The van der Waals surface area contributed by atoms with Gasteiger partial charge in [0.2, 0.25) is 5.95 Å². The highest BCUT2D eigenvalue weighted by Crippen LogP contribution is 2.06. The first-order chi connectivity index (χ1) is 7.80. The predicted octanol–water partition coefficient (Wildman–Crippen LogP) is 1.28. The fourth-order valence-electron chi connectivity index (χ4n) is 1.37. The molecule has 0 aliphatic rings. The Kier molecular flexibility index (Phi) is 5.23. The van der Waals surface area contributed by atoms with Gasteiger partial charge in [0.1, 0.15) is 11.8 Å². The van der Waals surface area contributed by atoms with Gasteiger partial charge in [-0.25, -0.2) is 9.97 Å². The van der Waals surface area contributed by atoms with E-state index in [1.54, 1.807) is 12.3 Å². The van der Waals surface area contributed by atoms with E-state index in [1.807, 2.05) is 6.07 Å². The summed E-state index contributed by atoms with van der Waals surface area (Å²) in [5.74, 6) is 0.477. The topological polar surface area (TPSA) is 87.6 Å². The minimum atomic E-state index is 0.175. The molecule has 1 unspecified atom stereocenters. The molecule has 16 heavy (non-hydrogen) atoms. The normalized spacial score (nSPS) is 11.8. The quantitative estimate of drug-likeness (QED) is 0.752. The number of nitriles is 1. The molecule has 5 nitrogen and oxygen atoms in total. The molecule has 0 fully saturated rings. The van der Waals surface area contributed by atoms with Gasteiger partial charge in [0, 0.05) is 18.8 Å². The van der Waals surface area contributed by atoms with Crippen LogP contribution in [0.15, 0.2) is 12.3 Å². The summed E-state index contributed by atoms with van der Waals surface area (Å²) in [6.45, 7) is 2.68. The average molecular weight is 219 g/mol. The van der Waals surface area contributed by atoms with E-state index < -0.39 is 0 Å². The van der Waals surface area contributed by atoms with Crippen molar-refractivity contribution < 1.29 is 0 Å². The minimum Gasteiger partial charge on any atom is -0.350 e. The molecule has 1 heterocycles. The van der Waals surface area contributed by atoms with Crippen LogP contribution in [0.25, 0.3) is 0 Å². The number of nitrogens with two attached hydrogens (primary N) is 1. The van der Waals surface area contributed by atoms with Crippen molar-refractivity contribution in [3.8, 4) is 6.07 Å². The summed E-state index contributed by atoms with van der Waals surface area (Å²) in [5.41, 5.74) is 6.01. The molecule has 0 aromatic carbocycles. The van der Waals surface area contributed by atoms with Gasteiger partial charge in [-0.05, 0) is 12.5 Å². The number of anilines is 1. The van der Waals surface area contributed by atoms with Gasteiger partial charge in [-0.1, -0.05) is 19.8 Å². The number of unbranched alkanes of at least 4 members (excludes halogenated alkanes) is 1. The van der Waals surface area contributed by atoms with Gasteiger partial charge >= 0.3 is 0 Å². The summed E-state index contributed by atoms with van der Waals surface area (Å²) in [6.07, 6.45) is 4.82. The van der Waals surface area contributed by atoms with Crippen LogP contribution >= 0.6 is 0 Å². The van der Waals surface area contributed by atoms with Crippen LogP contribution in [0.4, 0.5) is 5.95 Å². The summed E-state index contributed by atoms with van der Waals surface area (Å²) < 4.78 is 0. The molecule has 0 bridgehead atoms. The van der Waals surface area contributed by atoms with E-state index in [-0.39, 0.29) is 6.04 Å². The second-order valence-electron chi connectivity index (χ2n) is 3.60. The highest BCUT2D eigenvalue weighted by Gasteiger charge is 2.07. The fraction of sp³-hybridized carbons (Fsp3) is 0.545. The highest BCUT2D eigenvalue weighted by molar-refractivity contribution is 5.31. The summed E-state index contributed by atoms with van der Waals surface area (Å²) in [4.78, 5) is 8.10. The summed E-state index contributed by atoms with van der Waals surface area (Å²) >= 11 is 0. The van der Waals surface area contributed by atoms with Gasteiger partial charge in [0.05, 0.1) is 0 Å². The zero-order valence-electron chi connectivity index (χ0n) is 9.48. The Balaban J connectivity index is 2.59. The van der Waals surface area contributed by atoms with Crippen molar-refractivity contribution in [3.05, 3.63) is 18.0 Å². The van der Waals surface area contributed by atoms with Gasteiger partial charge in [-0.15, -0.1) is 0 Å². The monoisotopic (exact) mass is 219 g/mol. The third-order valence-corrected chi connectivity index (χ3v) is 2.29. The molecule has 0 saturated heterocycles. The van der Waals surface area contributed by atoms with Crippen LogP contribution in [0.1, 0.15) is 31.9 Å². The van der Waals surface area contributed by atoms with E-state index in [4.69, 9.17) is 11.0 Å². The largest absolute Gasteiger partial charge is 0.350 e. The van der Waals surface area contributed by atoms with E-state index in [0.29, 0.717) is 18.2 Å². The molecule has 0 aliphatic heterocycles. The minimum absolute atomic E-state index is 0.175. The van der Waals surface area contributed by atoms with E-state index in [9.17, 15) is 0 Å². The number of hydrogen-bond acceptors (Lipinski definition) is 5. The summed E-state index contributed by atoms with van der Waals surface area (Å²) in [5, 5.41) is 11.8. The first kappa shape index (κ1) is 12.4. The molecular formula is C11H17N5. The molecule has 3 N–H and O–H groups in total. The van der Waals surface area contributed by atoms with E-state index in [0.717, 1.165) is 19.3 Å². The number of hydrogen-bond donors (Lipinski definition) is 2.